The molecule has 0 amide bonds. The summed E-state index contributed by atoms with van der Waals surface area (Å²) in [6.45, 7) is 1.93. The Balaban J connectivity index is 3.96. The summed E-state index contributed by atoms with van der Waals surface area (Å²) in [7, 11) is 0. The zero-order chi connectivity index (χ0) is 9.07. The molecular formula is C6H9Cl5. The average molecular weight is 258 g/mol. The van der Waals surface area contributed by atoms with E-state index < -0.39 is 8.63 Å². The minimum Gasteiger partial charge on any atom is -0.105 e. The molecule has 1 unspecified atom stereocenters. The highest BCUT2D eigenvalue weighted by molar-refractivity contribution is 6.67. The van der Waals surface area contributed by atoms with E-state index in [1.165, 1.54) is 0 Å². The van der Waals surface area contributed by atoms with Gasteiger partial charge in [-0.2, -0.15) is 0 Å². The van der Waals surface area contributed by atoms with Crippen molar-refractivity contribution < 1.29 is 0 Å². The Hall–Kier alpha value is 1.45. The third-order valence-electron chi connectivity index (χ3n) is 1.42. The van der Waals surface area contributed by atoms with Crippen LogP contribution in [0.5, 0.6) is 0 Å². The Morgan fingerprint density at radius 1 is 1.18 bits per heavy atom. The second-order valence-corrected chi connectivity index (χ2v) is 5.92. The van der Waals surface area contributed by atoms with Gasteiger partial charge in [-0.05, 0) is 12.8 Å². The van der Waals surface area contributed by atoms with Crippen molar-refractivity contribution in [2.75, 3.05) is 0 Å². The molecule has 0 aromatic rings. The predicted molar refractivity (Wildman–Crippen MR) is 54.2 cm³/mol. The SMILES string of the molecule is CCC(CC(Cl)Cl)C(Cl)(Cl)Cl. The molecule has 0 saturated heterocycles. The van der Waals surface area contributed by atoms with Crippen LogP contribution in [0.15, 0.2) is 0 Å². The van der Waals surface area contributed by atoms with Crippen LogP contribution in [0.4, 0.5) is 0 Å². The van der Waals surface area contributed by atoms with E-state index in [2.05, 4.69) is 0 Å². The minimum atomic E-state index is -1.25. The Morgan fingerprint density at radius 3 is 1.73 bits per heavy atom. The molecule has 5 heteroatoms. The topological polar surface area (TPSA) is 0 Å². The minimum absolute atomic E-state index is 0.0764. The molecule has 0 aliphatic heterocycles. The van der Waals surface area contributed by atoms with E-state index >= 15 is 0 Å². The lowest BCUT2D eigenvalue weighted by molar-refractivity contribution is 0.496. The van der Waals surface area contributed by atoms with Gasteiger partial charge in [0.15, 0.2) is 3.79 Å². The fourth-order valence-corrected chi connectivity index (χ4v) is 1.91. The lowest BCUT2D eigenvalue weighted by Gasteiger charge is -2.23. The molecule has 0 aromatic heterocycles. The molecule has 0 aromatic carbocycles. The summed E-state index contributed by atoms with van der Waals surface area (Å²) in [5.74, 6) is -0.0764. The van der Waals surface area contributed by atoms with Crippen molar-refractivity contribution in [1.82, 2.24) is 0 Å². The lowest BCUT2D eigenvalue weighted by atomic mass is 10.1. The van der Waals surface area contributed by atoms with Crippen LogP contribution >= 0.6 is 58.0 Å². The van der Waals surface area contributed by atoms with E-state index in [1.807, 2.05) is 6.92 Å². The van der Waals surface area contributed by atoms with Crippen molar-refractivity contribution in [2.45, 2.75) is 28.4 Å². The molecule has 0 fully saturated rings. The van der Waals surface area contributed by atoms with Gasteiger partial charge in [-0.1, -0.05) is 41.7 Å². The van der Waals surface area contributed by atoms with Gasteiger partial charge in [0, 0.05) is 5.92 Å². The first-order chi connectivity index (χ1) is 4.88. The monoisotopic (exact) mass is 256 g/mol. The molecule has 0 heterocycles. The lowest BCUT2D eigenvalue weighted by Crippen LogP contribution is -2.20. The summed E-state index contributed by atoms with van der Waals surface area (Å²) in [4.78, 5) is -0.462. The van der Waals surface area contributed by atoms with E-state index in [0.29, 0.717) is 6.42 Å². The summed E-state index contributed by atoms with van der Waals surface area (Å²) in [6.07, 6.45) is 1.27. The Morgan fingerprint density at radius 2 is 1.64 bits per heavy atom. The van der Waals surface area contributed by atoms with E-state index in [4.69, 9.17) is 58.0 Å². The highest BCUT2D eigenvalue weighted by atomic mass is 35.6. The van der Waals surface area contributed by atoms with E-state index in [-0.39, 0.29) is 5.92 Å². The van der Waals surface area contributed by atoms with Crippen LogP contribution in [0.25, 0.3) is 0 Å². The summed E-state index contributed by atoms with van der Waals surface area (Å²) < 4.78 is -1.25. The molecule has 0 aliphatic carbocycles. The normalized spacial score (nSPS) is 15.5. The Bertz CT molecular complexity index is 106. The highest BCUT2D eigenvalue weighted by Crippen LogP contribution is 2.40. The van der Waals surface area contributed by atoms with Gasteiger partial charge in [-0.25, -0.2) is 0 Å². The van der Waals surface area contributed by atoms with Crippen LogP contribution in [0.2, 0.25) is 0 Å². The largest absolute Gasteiger partial charge is 0.193 e. The van der Waals surface area contributed by atoms with Gasteiger partial charge in [0.05, 0.1) is 0 Å². The molecule has 11 heavy (non-hydrogen) atoms. The van der Waals surface area contributed by atoms with Crippen molar-refractivity contribution in [1.29, 1.82) is 0 Å². The predicted octanol–water partition coefficient (Wildman–Crippen LogP) is 4.58. The maximum absolute atomic E-state index is 5.66. The van der Waals surface area contributed by atoms with Gasteiger partial charge in [-0.3, -0.25) is 0 Å². The van der Waals surface area contributed by atoms with Crippen LogP contribution in [0.3, 0.4) is 0 Å². The Kier molecular flexibility index (Phi) is 5.93. The zero-order valence-corrected chi connectivity index (χ0v) is 9.74. The summed E-state index contributed by atoms with van der Waals surface area (Å²) in [5.41, 5.74) is 0. The first-order valence-electron chi connectivity index (χ1n) is 3.22. The third kappa shape index (κ3) is 5.65. The van der Waals surface area contributed by atoms with Crippen molar-refractivity contribution in [3.05, 3.63) is 0 Å². The highest BCUT2D eigenvalue weighted by Gasteiger charge is 2.31. The molecule has 0 bridgehead atoms. The molecule has 0 rings (SSSR count). The first-order valence-corrected chi connectivity index (χ1v) is 5.23. The van der Waals surface area contributed by atoms with E-state index in [0.717, 1.165) is 6.42 Å². The molecule has 68 valence electrons. The zero-order valence-electron chi connectivity index (χ0n) is 5.96. The van der Waals surface area contributed by atoms with Crippen molar-refractivity contribution >= 4 is 58.0 Å². The second kappa shape index (κ2) is 5.24. The van der Waals surface area contributed by atoms with Gasteiger partial charge >= 0.3 is 0 Å². The maximum atomic E-state index is 5.66. The van der Waals surface area contributed by atoms with Crippen molar-refractivity contribution in [2.24, 2.45) is 5.92 Å². The maximum Gasteiger partial charge on any atom is 0.193 e. The second-order valence-electron chi connectivity index (χ2n) is 2.27. The summed E-state index contributed by atoms with van der Waals surface area (Å²) >= 11 is 28.1. The summed E-state index contributed by atoms with van der Waals surface area (Å²) in [6, 6.07) is 0. The molecule has 0 N–H and O–H groups in total. The molecule has 0 saturated carbocycles. The van der Waals surface area contributed by atoms with Crippen molar-refractivity contribution in [3.63, 3.8) is 0 Å². The van der Waals surface area contributed by atoms with Crippen molar-refractivity contribution in [3.8, 4) is 0 Å². The number of rotatable bonds is 3. The van der Waals surface area contributed by atoms with Gasteiger partial charge in [0.1, 0.15) is 4.84 Å². The molecular weight excluding hydrogens is 249 g/mol. The molecule has 1 atom stereocenters. The van der Waals surface area contributed by atoms with Gasteiger partial charge in [0.2, 0.25) is 0 Å². The summed E-state index contributed by atoms with van der Waals surface area (Å²) in [5, 5.41) is 0. The quantitative estimate of drug-likeness (QED) is 0.650. The van der Waals surface area contributed by atoms with Crippen LogP contribution in [0.1, 0.15) is 19.8 Å². The number of alkyl halides is 5. The standard InChI is InChI=1S/C6H9Cl5/c1-2-4(3-5(7)8)6(9,10)11/h4-5H,2-3H2,1H3. The van der Waals surface area contributed by atoms with E-state index in [9.17, 15) is 0 Å². The fraction of sp³-hybridized carbons (Fsp3) is 1.00. The van der Waals surface area contributed by atoms with E-state index in [1.54, 1.807) is 0 Å². The van der Waals surface area contributed by atoms with Gasteiger partial charge < -0.3 is 0 Å². The number of hydrogen-bond acceptors (Lipinski definition) is 0. The van der Waals surface area contributed by atoms with Crippen LogP contribution < -0.4 is 0 Å². The molecule has 0 spiro atoms. The fourth-order valence-electron chi connectivity index (χ4n) is 0.747. The molecule has 0 radical (unpaired) electrons. The smallest absolute Gasteiger partial charge is 0.105 e. The first kappa shape index (κ1) is 12.4. The van der Waals surface area contributed by atoms with Gasteiger partial charge in [-0.15, -0.1) is 23.2 Å². The third-order valence-corrected chi connectivity index (χ3v) is 2.70. The molecule has 0 aliphatic rings. The average Bonchev–Trinajstić information content (AvgIpc) is 1.79. The Labute approximate surface area is 92.1 Å². The number of halogens is 5. The number of hydrogen-bond donors (Lipinski definition) is 0. The van der Waals surface area contributed by atoms with Gasteiger partial charge in [0.25, 0.3) is 0 Å². The molecule has 0 nitrogen and oxygen atoms in total. The van der Waals surface area contributed by atoms with Crippen LogP contribution in [-0.2, 0) is 0 Å². The van der Waals surface area contributed by atoms with Crippen LogP contribution in [0, 0.1) is 5.92 Å². The van der Waals surface area contributed by atoms with Crippen LogP contribution in [-0.4, -0.2) is 8.63 Å².